The van der Waals surface area contributed by atoms with E-state index in [9.17, 15) is 38.4 Å². The molecule has 0 unspecified atom stereocenters. The van der Waals surface area contributed by atoms with Crippen LogP contribution in [0.15, 0.2) is 121 Å². The minimum atomic E-state index is -0.352. The van der Waals surface area contributed by atoms with E-state index in [1.807, 2.05) is 193 Å². The molecule has 4 heterocycles. The average Bonchev–Trinajstić information content (AvgIpc) is 0.851. The number of benzene rings is 4. The summed E-state index contributed by atoms with van der Waals surface area (Å²) in [6.07, 6.45) is 33.6. The average molecular weight is 1690 g/mol. The summed E-state index contributed by atoms with van der Waals surface area (Å²) >= 11 is 0. The van der Waals surface area contributed by atoms with Crippen LogP contribution in [0.5, 0.6) is 23.0 Å². The van der Waals surface area contributed by atoms with Gasteiger partial charge in [0.1, 0.15) is 48.4 Å². The van der Waals surface area contributed by atoms with Crippen LogP contribution in [0, 0.1) is 21.7 Å². The smallest absolute Gasteiger partial charge is 0.331 e. The molecule has 4 saturated heterocycles. The van der Waals surface area contributed by atoms with E-state index in [4.69, 9.17) is 37.9 Å². The van der Waals surface area contributed by atoms with E-state index < -0.39 is 0 Å². The van der Waals surface area contributed by atoms with Gasteiger partial charge in [0.2, 0.25) is 23.6 Å². The molecule has 4 aliphatic heterocycles. The van der Waals surface area contributed by atoms with Crippen LogP contribution in [0.3, 0.4) is 0 Å². The molecule has 22 nitrogen and oxygen atoms in total. The van der Waals surface area contributed by atoms with Gasteiger partial charge in [0.25, 0.3) is 0 Å². The maximum Gasteiger partial charge on any atom is 0.331 e. The standard InChI is InChI=1S/C29H46N2O4.C28H43NO4.C22H32N2O4.C21H29NO4/c1-5-7-8-9-10-11-23-34-26-15-12-25(13-16-26)14-17-27(32)35-24-22-30-18-20-31(21-19-30)28(33)29(3,4)6-2;1-5-7-8-9-10-11-22-32-24-15-12-23(13-16-24)14-17-26(30)33-25-18-20-29(21-19-25)27(31)28(3,4)6-2;1-5-22(2,3)21(26)24-14-12-23(13-15-24)16-17-28-20(25)11-8-18-6-9-19(27-4)10-7-18;1-5-21(2,3)20(24)22-14-12-18(13-15-22)26-19(23)11-8-16-6-9-17(25-4)10-7-16/h12-17H,5-11,18-24H2,1-4H3;12-17,25H,5-11,18-22H2,1-4H3;6-11H,5,12-17H2,1-4H3;6-11,18H,5,12-15H2,1-4H3/b2*17-14+;2*11-8+. The number of hydrogen-bond acceptors (Lipinski definition) is 18. The number of carbonyl (C=O) groups is 8. The molecule has 4 aliphatic rings. The lowest BCUT2D eigenvalue weighted by atomic mass is 9.87. The molecule has 0 spiro atoms. The summed E-state index contributed by atoms with van der Waals surface area (Å²) in [5, 5.41) is 0. The normalized spacial score (nSPS) is 15.3. The molecule has 0 N–H and O–H groups in total. The number of methoxy groups -OCH3 is 2. The zero-order valence-electron chi connectivity index (χ0n) is 77.1. The molecule has 0 aliphatic carbocycles. The first-order valence-corrected chi connectivity index (χ1v) is 45.2. The fourth-order valence-corrected chi connectivity index (χ4v) is 13.7. The number of nitrogens with zero attached hydrogens (tertiary/aromatic N) is 6. The second-order valence-corrected chi connectivity index (χ2v) is 34.7. The van der Waals surface area contributed by atoms with E-state index in [2.05, 4.69) is 30.6 Å². The molecule has 0 aromatic heterocycles. The van der Waals surface area contributed by atoms with Gasteiger partial charge in [-0.15, -0.1) is 0 Å². The van der Waals surface area contributed by atoms with E-state index in [1.165, 1.54) is 88.5 Å². The molecule has 122 heavy (non-hydrogen) atoms. The van der Waals surface area contributed by atoms with Gasteiger partial charge in [0.15, 0.2) is 0 Å². The Hall–Kier alpha value is -9.28. The maximum absolute atomic E-state index is 12.6. The Balaban J connectivity index is 0.000000291. The van der Waals surface area contributed by atoms with Crippen LogP contribution in [0.1, 0.15) is 248 Å². The van der Waals surface area contributed by atoms with E-state index in [0.717, 1.165) is 149 Å². The zero-order valence-corrected chi connectivity index (χ0v) is 77.1. The summed E-state index contributed by atoms with van der Waals surface area (Å²) in [6, 6.07) is 30.4. The molecule has 8 rings (SSSR count). The van der Waals surface area contributed by atoms with Gasteiger partial charge in [-0.3, -0.25) is 29.0 Å². The third-order valence-corrected chi connectivity index (χ3v) is 23.7. The van der Waals surface area contributed by atoms with Crippen LogP contribution in [0.2, 0.25) is 0 Å². The van der Waals surface area contributed by atoms with E-state index in [-0.39, 0.29) is 81.4 Å². The highest BCUT2D eigenvalue weighted by Crippen LogP contribution is 2.30. The van der Waals surface area contributed by atoms with Crippen molar-refractivity contribution in [2.75, 3.05) is 132 Å². The van der Waals surface area contributed by atoms with Gasteiger partial charge in [0, 0.05) is 163 Å². The van der Waals surface area contributed by atoms with Crippen molar-refractivity contribution in [2.45, 2.75) is 238 Å². The van der Waals surface area contributed by atoms with E-state index in [0.29, 0.717) is 78.2 Å². The zero-order chi connectivity index (χ0) is 89.4. The summed E-state index contributed by atoms with van der Waals surface area (Å²) in [5.74, 6) is 2.72. The molecule has 22 heteroatoms. The molecule has 4 aromatic rings. The van der Waals surface area contributed by atoms with Crippen molar-refractivity contribution in [3.63, 3.8) is 0 Å². The Morgan fingerprint density at radius 1 is 0.311 bits per heavy atom. The number of rotatable bonds is 42. The second-order valence-electron chi connectivity index (χ2n) is 34.7. The minimum absolute atomic E-state index is 0.128. The Morgan fingerprint density at radius 2 is 0.557 bits per heavy atom. The monoisotopic (exact) mass is 1690 g/mol. The quantitative estimate of drug-likeness (QED) is 0.0174. The van der Waals surface area contributed by atoms with Crippen LogP contribution in [-0.4, -0.2) is 221 Å². The summed E-state index contributed by atoms with van der Waals surface area (Å²) in [6.45, 7) is 40.9. The maximum atomic E-state index is 12.6. The first-order valence-electron chi connectivity index (χ1n) is 45.2. The summed E-state index contributed by atoms with van der Waals surface area (Å²) in [4.78, 5) is 111. The van der Waals surface area contributed by atoms with Crippen LogP contribution >= 0.6 is 0 Å². The highest BCUT2D eigenvalue weighted by atomic mass is 16.6. The Morgan fingerprint density at radius 3 is 0.820 bits per heavy atom. The number of unbranched alkanes of at least 4 members (excludes halogenated alkanes) is 10. The fraction of sp³-hybridized carbons (Fsp3) is 0.600. The molecule has 4 aromatic carbocycles. The van der Waals surface area contributed by atoms with Crippen LogP contribution in [-0.2, 0) is 57.3 Å². The van der Waals surface area contributed by atoms with Gasteiger partial charge in [-0.1, -0.05) is 210 Å². The highest BCUT2D eigenvalue weighted by Gasteiger charge is 2.37. The van der Waals surface area contributed by atoms with Crippen molar-refractivity contribution >= 4 is 71.8 Å². The minimum Gasteiger partial charge on any atom is -0.497 e. The molecule has 0 radical (unpaired) electrons. The van der Waals surface area contributed by atoms with Crippen molar-refractivity contribution in [2.24, 2.45) is 21.7 Å². The predicted octanol–water partition coefficient (Wildman–Crippen LogP) is 18.5. The van der Waals surface area contributed by atoms with Crippen molar-refractivity contribution in [3.8, 4) is 23.0 Å². The Labute approximate surface area is 731 Å². The SMILES string of the molecule is CCC(C)(C)C(=O)N1CCC(OC(=O)/C=C/c2ccc(OC)cc2)CC1.CCC(C)(C)C(=O)N1CCN(CCOC(=O)/C=C/c2ccc(OC)cc2)CC1.CCCCCCCCOc1ccc(/C=C/C(=O)OC2CCN(C(=O)C(C)(C)CC)CC2)cc1.CCCCCCCCOc1ccc(/C=C/C(=O)OCCN2CCN(C(=O)C(C)(C)CC)CC2)cc1. The molecule has 0 saturated carbocycles. The second kappa shape index (κ2) is 55.8. The number of esters is 4. The largest absolute Gasteiger partial charge is 0.497 e. The van der Waals surface area contributed by atoms with E-state index >= 15 is 0 Å². The predicted molar refractivity (Wildman–Crippen MR) is 488 cm³/mol. The topological polar surface area (TPSA) is 230 Å². The van der Waals surface area contributed by atoms with Gasteiger partial charge in [-0.25, -0.2) is 19.2 Å². The summed E-state index contributed by atoms with van der Waals surface area (Å²) < 4.78 is 43.6. The van der Waals surface area contributed by atoms with Crippen LogP contribution in [0.4, 0.5) is 0 Å². The van der Waals surface area contributed by atoms with Gasteiger partial charge in [-0.2, -0.15) is 0 Å². The molecule has 4 amide bonds. The number of hydrogen-bond donors (Lipinski definition) is 0. The summed E-state index contributed by atoms with van der Waals surface area (Å²) in [5.41, 5.74) is 2.43. The summed E-state index contributed by atoms with van der Waals surface area (Å²) in [7, 11) is 3.23. The highest BCUT2D eigenvalue weighted by molar-refractivity contribution is 5.89. The molecule has 4 fully saturated rings. The molecular formula is C100H150N6O16. The van der Waals surface area contributed by atoms with Crippen molar-refractivity contribution in [1.82, 2.24) is 29.4 Å². The number of piperazine rings is 2. The Kier molecular flexibility index (Phi) is 47.2. The van der Waals surface area contributed by atoms with Crippen LogP contribution in [0.25, 0.3) is 24.3 Å². The number of amides is 4. The molecule has 0 bridgehead atoms. The number of piperidine rings is 2. The molecule has 0 atom stereocenters. The molecule has 676 valence electrons. The van der Waals surface area contributed by atoms with Crippen molar-refractivity contribution in [3.05, 3.63) is 144 Å². The van der Waals surface area contributed by atoms with Crippen LogP contribution < -0.4 is 18.9 Å². The van der Waals surface area contributed by atoms with Crippen molar-refractivity contribution in [1.29, 1.82) is 0 Å². The van der Waals surface area contributed by atoms with Gasteiger partial charge in [0.05, 0.1) is 27.4 Å². The van der Waals surface area contributed by atoms with Gasteiger partial charge < -0.3 is 57.5 Å². The lowest BCUT2D eigenvalue weighted by Crippen LogP contribution is -2.52. The van der Waals surface area contributed by atoms with E-state index in [1.54, 1.807) is 38.5 Å². The number of likely N-dealkylation sites (tertiary alicyclic amines) is 2. The molecular weight excluding hydrogens is 1540 g/mol. The van der Waals surface area contributed by atoms with Crippen molar-refractivity contribution < 1.29 is 76.3 Å². The number of carbonyl (C=O) groups excluding carboxylic acids is 8. The third-order valence-electron chi connectivity index (χ3n) is 23.7. The van der Waals surface area contributed by atoms with Gasteiger partial charge >= 0.3 is 23.9 Å². The van der Waals surface area contributed by atoms with Gasteiger partial charge in [-0.05, 0) is 134 Å². The first kappa shape index (κ1) is 103. The lowest BCUT2D eigenvalue weighted by molar-refractivity contribution is -0.150. The fourth-order valence-electron chi connectivity index (χ4n) is 13.7. The first-order chi connectivity index (χ1) is 58.4. The third kappa shape index (κ3) is 39.1. The Bertz CT molecular complexity index is 3840. The lowest BCUT2D eigenvalue weighted by Gasteiger charge is -2.38. The number of ether oxygens (including phenoxy) is 8.